The Labute approximate surface area is 129 Å². The second kappa shape index (κ2) is 7.28. The van der Waals surface area contributed by atoms with Crippen LogP contribution in [0.1, 0.15) is 24.7 Å². The predicted molar refractivity (Wildman–Crippen MR) is 86.9 cm³/mol. The number of aromatic nitrogens is 2. The van der Waals surface area contributed by atoms with Gasteiger partial charge in [0.15, 0.2) is 0 Å². The molecule has 0 aliphatic carbocycles. The van der Waals surface area contributed by atoms with Crippen LogP contribution >= 0.6 is 11.8 Å². The van der Waals surface area contributed by atoms with E-state index in [-0.39, 0.29) is 0 Å². The van der Waals surface area contributed by atoms with Crippen molar-refractivity contribution in [1.29, 1.82) is 0 Å². The monoisotopic (exact) mass is 304 g/mol. The van der Waals surface area contributed by atoms with Crippen LogP contribution in [-0.2, 0) is 6.42 Å². The van der Waals surface area contributed by atoms with E-state index in [2.05, 4.69) is 22.3 Å². The van der Waals surface area contributed by atoms with Gasteiger partial charge in [-0.3, -0.25) is 0 Å². The van der Waals surface area contributed by atoms with Gasteiger partial charge in [0.1, 0.15) is 17.4 Å². The van der Waals surface area contributed by atoms with Crippen LogP contribution in [0.5, 0.6) is 11.6 Å². The number of nitrogens with two attached hydrogens (primary N) is 1. The van der Waals surface area contributed by atoms with E-state index in [1.165, 1.54) is 0 Å². The van der Waals surface area contributed by atoms with Gasteiger partial charge in [0.25, 0.3) is 0 Å². The standard InChI is InChI=1S/C15H20N4OS/c1-4-7-13-17-14(19-16)10(2)15(18-13)20-11-8-5-6-9-12(11)21-3/h5-6,8-9H,4,7,16H2,1-3H3,(H,17,18,19). The maximum absolute atomic E-state index is 5.99. The van der Waals surface area contributed by atoms with Crippen LogP contribution in [-0.4, -0.2) is 16.2 Å². The predicted octanol–water partition coefficient (Wildman–Crippen LogP) is 3.54. The summed E-state index contributed by atoms with van der Waals surface area (Å²) in [4.78, 5) is 9.96. The van der Waals surface area contributed by atoms with Crippen molar-refractivity contribution in [2.45, 2.75) is 31.6 Å². The number of nitrogens with zero attached hydrogens (tertiary/aromatic N) is 2. The normalized spacial score (nSPS) is 10.5. The first-order valence-corrected chi connectivity index (χ1v) is 8.07. The quantitative estimate of drug-likeness (QED) is 0.483. The first kappa shape index (κ1) is 15.6. The Balaban J connectivity index is 2.40. The highest BCUT2D eigenvalue weighted by Gasteiger charge is 2.13. The highest BCUT2D eigenvalue weighted by atomic mass is 32.2. The number of benzene rings is 1. The number of hydrogen-bond acceptors (Lipinski definition) is 6. The van der Waals surface area contributed by atoms with E-state index in [1.807, 2.05) is 37.4 Å². The molecule has 0 saturated heterocycles. The maximum Gasteiger partial charge on any atom is 0.227 e. The second-order valence-corrected chi connectivity index (χ2v) is 5.41. The molecule has 6 heteroatoms. The number of nitrogen functional groups attached to an aromatic ring is 1. The summed E-state index contributed by atoms with van der Waals surface area (Å²) in [6.07, 6.45) is 3.77. The molecule has 0 amide bonds. The Kier molecular flexibility index (Phi) is 5.41. The van der Waals surface area contributed by atoms with E-state index in [1.54, 1.807) is 11.8 Å². The fraction of sp³-hybridized carbons (Fsp3) is 0.333. The van der Waals surface area contributed by atoms with Crippen molar-refractivity contribution in [2.75, 3.05) is 11.7 Å². The number of anilines is 1. The summed E-state index contributed by atoms with van der Waals surface area (Å²) in [5, 5.41) is 0. The molecular weight excluding hydrogens is 284 g/mol. The molecule has 0 bridgehead atoms. The van der Waals surface area contributed by atoms with Crippen LogP contribution in [0.4, 0.5) is 5.82 Å². The summed E-state index contributed by atoms with van der Waals surface area (Å²) in [5.74, 6) is 8.20. The minimum absolute atomic E-state index is 0.544. The second-order valence-electron chi connectivity index (χ2n) is 4.57. The molecule has 2 rings (SSSR count). The summed E-state index contributed by atoms with van der Waals surface area (Å²) in [5.41, 5.74) is 3.41. The zero-order valence-electron chi connectivity index (χ0n) is 12.5. The third-order valence-electron chi connectivity index (χ3n) is 3.03. The molecule has 0 radical (unpaired) electrons. The summed E-state index contributed by atoms with van der Waals surface area (Å²) in [6.45, 7) is 3.98. The van der Waals surface area contributed by atoms with Gasteiger partial charge in [-0.1, -0.05) is 19.1 Å². The van der Waals surface area contributed by atoms with Crippen LogP contribution in [0.25, 0.3) is 0 Å². The van der Waals surface area contributed by atoms with E-state index in [4.69, 9.17) is 10.6 Å². The van der Waals surface area contributed by atoms with Gasteiger partial charge >= 0.3 is 0 Å². The highest BCUT2D eigenvalue weighted by molar-refractivity contribution is 7.98. The number of para-hydroxylation sites is 1. The average molecular weight is 304 g/mol. The lowest BCUT2D eigenvalue weighted by molar-refractivity contribution is 0.444. The third-order valence-corrected chi connectivity index (χ3v) is 3.81. The van der Waals surface area contributed by atoms with Crippen molar-refractivity contribution < 1.29 is 4.74 Å². The average Bonchev–Trinajstić information content (AvgIpc) is 2.51. The lowest BCUT2D eigenvalue weighted by atomic mass is 10.3. The molecule has 2 aromatic rings. The van der Waals surface area contributed by atoms with Crippen molar-refractivity contribution >= 4 is 17.6 Å². The molecule has 0 fully saturated rings. The van der Waals surface area contributed by atoms with E-state index >= 15 is 0 Å². The Hall–Kier alpha value is -1.79. The zero-order chi connectivity index (χ0) is 15.2. The number of hydrazine groups is 1. The number of thioether (sulfide) groups is 1. The third kappa shape index (κ3) is 3.65. The largest absolute Gasteiger partial charge is 0.437 e. The molecule has 0 aliphatic rings. The molecule has 0 spiro atoms. The number of rotatable bonds is 6. The summed E-state index contributed by atoms with van der Waals surface area (Å²) < 4.78 is 5.99. The van der Waals surface area contributed by atoms with Gasteiger partial charge in [0, 0.05) is 11.3 Å². The van der Waals surface area contributed by atoms with Gasteiger partial charge in [-0.2, -0.15) is 4.98 Å². The van der Waals surface area contributed by atoms with Crippen LogP contribution in [0, 0.1) is 6.92 Å². The van der Waals surface area contributed by atoms with Gasteiger partial charge in [-0.15, -0.1) is 11.8 Å². The number of aryl methyl sites for hydroxylation is 1. The fourth-order valence-electron chi connectivity index (χ4n) is 1.92. The van der Waals surface area contributed by atoms with Crippen molar-refractivity contribution in [1.82, 2.24) is 9.97 Å². The molecule has 3 N–H and O–H groups in total. The minimum Gasteiger partial charge on any atom is -0.437 e. The van der Waals surface area contributed by atoms with Crippen molar-refractivity contribution in [2.24, 2.45) is 5.84 Å². The van der Waals surface area contributed by atoms with Gasteiger partial charge in [0.05, 0.1) is 5.56 Å². The first-order chi connectivity index (χ1) is 10.2. The van der Waals surface area contributed by atoms with Crippen LogP contribution in [0.2, 0.25) is 0 Å². The summed E-state index contributed by atoms with van der Waals surface area (Å²) in [7, 11) is 0. The van der Waals surface area contributed by atoms with Crippen molar-refractivity contribution in [3.63, 3.8) is 0 Å². The van der Waals surface area contributed by atoms with E-state index in [0.717, 1.165) is 34.9 Å². The Morgan fingerprint density at radius 2 is 2.05 bits per heavy atom. The molecule has 0 unspecified atom stereocenters. The van der Waals surface area contributed by atoms with Gasteiger partial charge in [-0.05, 0) is 31.7 Å². The maximum atomic E-state index is 5.99. The van der Waals surface area contributed by atoms with E-state index in [9.17, 15) is 0 Å². The van der Waals surface area contributed by atoms with E-state index in [0.29, 0.717) is 11.7 Å². The number of nitrogens with one attached hydrogen (secondary N) is 1. The van der Waals surface area contributed by atoms with Gasteiger partial charge in [0.2, 0.25) is 5.88 Å². The molecule has 1 aromatic heterocycles. The number of ether oxygens (including phenoxy) is 1. The van der Waals surface area contributed by atoms with Gasteiger partial charge < -0.3 is 10.2 Å². The molecule has 5 nitrogen and oxygen atoms in total. The molecule has 21 heavy (non-hydrogen) atoms. The molecule has 0 atom stereocenters. The van der Waals surface area contributed by atoms with Gasteiger partial charge in [-0.25, -0.2) is 10.8 Å². The van der Waals surface area contributed by atoms with Crippen molar-refractivity contribution in [3.05, 3.63) is 35.7 Å². The molecule has 0 saturated carbocycles. The first-order valence-electron chi connectivity index (χ1n) is 6.84. The fourth-order valence-corrected chi connectivity index (χ4v) is 2.45. The minimum atomic E-state index is 0.544. The summed E-state index contributed by atoms with van der Waals surface area (Å²) >= 11 is 1.64. The molecule has 1 aromatic carbocycles. The lowest BCUT2D eigenvalue weighted by Crippen LogP contribution is -2.13. The zero-order valence-corrected chi connectivity index (χ0v) is 13.3. The molecule has 1 heterocycles. The Morgan fingerprint density at radius 1 is 1.29 bits per heavy atom. The molecule has 112 valence electrons. The number of hydrogen-bond donors (Lipinski definition) is 2. The van der Waals surface area contributed by atoms with Crippen LogP contribution in [0.3, 0.4) is 0 Å². The van der Waals surface area contributed by atoms with Crippen LogP contribution in [0.15, 0.2) is 29.2 Å². The van der Waals surface area contributed by atoms with Crippen LogP contribution < -0.4 is 16.0 Å². The highest BCUT2D eigenvalue weighted by Crippen LogP contribution is 2.33. The SMILES string of the molecule is CCCc1nc(NN)c(C)c(Oc2ccccc2SC)n1. The molecule has 0 aliphatic heterocycles. The Bertz CT molecular complexity index is 619. The lowest BCUT2D eigenvalue weighted by Gasteiger charge is -2.14. The molecular formula is C15H20N4OS. The summed E-state index contributed by atoms with van der Waals surface area (Å²) in [6, 6.07) is 7.88. The van der Waals surface area contributed by atoms with Crippen molar-refractivity contribution in [3.8, 4) is 11.6 Å². The Morgan fingerprint density at radius 3 is 2.71 bits per heavy atom. The van der Waals surface area contributed by atoms with E-state index < -0.39 is 0 Å². The smallest absolute Gasteiger partial charge is 0.227 e. The topological polar surface area (TPSA) is 73.1 Å².